The van der Waals surface area contributed by atoms with Gasteiger partial charge in [0.25, 0.3) is 0 Å². The lowest BCUT2D eigenvalue weighted by atomic mass is 9.92. The molecule has 2 nitrogen and oxygen atoms in total. The summed E-state index contributed by atoms with van der Waals surface area (Å²) in [6.07, 6.45) is 0. The van der Waals surface area contributed by atoms with E-state index in [4.69, 9.17) is 0 Å². The second kappa shape index (κ2) is 7.64. The van der Waals surface area contributed by atoms with Crippen LogP contribution in [0, 0.1) is 0 Å². The van der Waals surface area contributed by atoms with Crippen LogP contribution in [-0.4, -0.2) is 23.5 Å². The van der Waals surface area contributed by atoms with Crippen molar-refractivity contribution in [3.05, 3.63) is 66.2 Å². The molecule has 0 aromatic heterocycles. The minimum Gasteiger partial charge on any atom is -0.394 e. The van der Waals surface area contributed by atoms with Crippen LogP contribution >= 0.6 is 11.8 Å². The average Bonchev–Trinajstić information content (AvgIpc) is 2.53. The van der Waals surface area contributed by atoms with Gasteiger partial charge in [0.1, 0.15) is 0 Å². The Morgan fingerprint density at radius 3 is 2.10 bits per heavy atom. The number of rotatable bonds is 7. The molecule has 2 rings (SSSR count). The largest absolute Gasteiger partial charge is 0.394 e. The predicted octanol–water partition coefficient (Wildman–Crippen LogP) is 3.66. The molecule has 0 aliphatic heterocycles. The summed E-state index contributed by atoms with van der Waals surface area (Å²) in [6, 6.07) is 20.8. The molecular formula is C18H23NOS. The highest BCUT2D eigenvalue weighted by Gasteiger charge is 2.32. The van der Waals surface area contributed by atoms with Gasteiger partial charge in [-0.3, -0.25) is 0 Å². The second-order valence-electron chi connectivity index (χ2n) is 5.51. The lowest BCUT2D eigenvalue weighted by Crippen LogP contribution is -2.50. The van der Waals surface area contributed by atoms with Gasteiger partial charge in [0.2, 0.25) is 0 Å². The maximum Gasteiger partial charge on any atom is 0.0766 e. The Morgan fingerprint density at radius 1 is 1.00 bits per heavy atom. The van der Waals surface area contributed by atoms with Crippen molar-refractivity contribution in [1.82, 2.24) is 5.32 Å². The van der Waals surface area contributed by atoms with Crippen LogP contribution in [-0.2, 0) is 5.54 Å². The van der Waals surface area contributed by atoms with Gasteiger partial charge >= 0.3 is 0 Å². The van der Waals surface area contributed by atoms with E-state index in [2.05, 4.69) is 43.4 Å². The number of thioether (sulfide) groups is 1. The maximum atomic E-state index is 10.1. The highest BCUT2D eigenvalue weighted by Crippen LogP contribution is 2.30. The first-order valence-corrected chi connectivity index (χ1v) is 8.27. The Bertz CT molecular complexity index is 529. The van der Waals surface area contributed by atoms with Gasteiger partial charge in [-0.25, -0.2) is 0 Å². The smallest absolute Gasteiger partial charge is 0.0766 e. The first kappa shape index (κ1) is 16.1. The Hall–Kier alpha value is -1.29. The van der Waals surface area contributed by atoms with E-state index < -0.39 is 5.54 Å². The van der Waals surface area contributed by atoms with Crippen molar-refractivity contribution in [2.45, 2.75) is 30.3 Å². The van der Waals surface area contributed by atoms with Gasteiger partial charge in [-0.1, -0.05) is 48.5 Å². The van der Waals surface area contributed by atoms with Crippen molar-refractivity contribution in [2.24, 2.45) is 0 Å². The lowest BCUT2D eigenvalue weighted by molar-refractivity contribution is 0.170. The molecule has 0 aliphatic rings. The van der Waals surface area contributed by atoms with Gasteiger partial charge in [0.15, 0.2) is 0 Å². The van der Waals surface area contributed by atoms with Crippen LogP contribution in [0.4, 0.5) is 0 Å². The maximum absolute atomic E-state index is 10.1. The number of hydrogen-bond acceptors (Lipinski definition) is 3. The van der Waals surface area contributed by atoms with Crippen LogP contribution in [0.25, 0.3) is 0 Å². The van der Waals surface area contributed by atoms with Crippen molar-refractivity contribution in [2.75, 3.05) is 12.4 Å². The van der Waals surface area contributed by atoms with Gasteiger partial charge in [-0.15, -0.1) is 11.8 Å². The first-order chi connectivity index (χ1) is 10.2. The summed E-state index contributed by atoms with van der Waals surface area (Å²) >= 11 is 1.77. The molecule has 3 heteroatoms. The highest BCUT2D eigenvalue weighted by molar-refractivity contribution is 7.99. The molecule has 0 spiro atoms. The predicted molar refractivity (Wildman–Crippen MR) is 90.6 cm³/mol. The summed E-state index contributed by atoms with van der Waals surface area (Å²) in [4.78, 5) is 1.22. The zero-order chi connectivity index (χ0) is 15.1. The van der Waals surface area contributed by atoms with Crippen LogP contribution < -0.4 is 5.32 Å². The van der Waals surface area contributed by atoms with E-state index >= 15 is 0 Å². The molecule has 2 aromatic rings. The Morgan fingerprint density at radius 2 is 1.57 bits per heavy atom. The molecule has 2 N–H and O–H groups in total. The quantitative estimate of drug-likeness (QED) is 0.765. The summed E-state index contributed by atoms with van der Waals surface area (Å²) in [5, 5.41) is 13.6. The fraction of sp³-hybridized carbons (Fsp3) is 0.333. The molecule has 0 aliphatic carbocycles. The minimum absolute atomic E-state index is 0.0784. The molecule has 1 unspecified atom stereocenters. The third kappa shape index (κ3) is 4.34. The summed E-state index contributed by atoms with van der Waals surface area (Å²) in [7, 11) is 0. The third-order valence-electron chi connectivity index (χ3n) is 3.39. The lowest BCUT2D eigenvalue weighted by Gasteiger charge is -2.35. The molecule has 112 valence electrons. The molecule has 0 radical (unpaired) electrons. The molecule has 0 heterocycles. The second-order valence-corrected chi connectivity index (χ2v) is 6.56. The van der Waals surface area contributed by atoms with Gasteiger partial charge in [0, 0.05) is 16.7 Å². The molecular weight excluding hydrogens is 278 g/mol. The normalized spacial score (nSPS) is 14.1. The summed E-state index contributed by atoms with van der Waals surface area (Å²) in [5.74, 6) is 0.787. The fourth-order valence-corrected chi connectivity index (χ4v) is 3.53. The van der Waals surface area contributed by atoms with Crippen LogP contribution in [0.5, 0.6) is 0 Å². The zero-order valence-corrected chi connectivity index (χ0v) is 13.4. The number of aliphatic hydroxyl groups excluding tert-OH is 1. The molecule has 0 saturated heterocycles. The number of nitrogens with one attached hydrogen (secondary N) is 1. The summed E-state index contributed by atoms with van der Waals surface area (Å²) < 4.78 is 0. The number of hydrogen-bond donors (Lipinski definition) is 2. The number of aliphatic hydroxyl groups is 1. The van der Waals surface area contributed by atoms with E-state index in [1.807, 2.05) is 36.4 Å². The average molecular weight is 301 g/mol. The van der Waals surface area contributed by atoms with E-state index in [0.29, 0.717) is 6.04 Å². The van der Waals surface area contributed by atoms with E-state index in [0.717, 1.165) is 11.3 Å². The van der Waals surface area contributed by atoms with E-state index in [1.165, 1.54) is 4.90 Å². The molecule has 21 heavy (non-hydrogen) atoms. The molecule has 2 aromatic carbocycles. The van der Waals surface area contributed by atoms with E-state index in [-0.39, 0.29) is 6.61 Å². The van der Waals surface area contributed by atoms with Gasteiger partial charge in [-0.2, -0.15) is 0 Å². The molecule has 0 saturated carbocycles. The zero-order valence-electron chi connectivity index (χ0n) is 12.6. The van der Waals surface area contributed by atoms with Crippen molar-refractivity contribution >= 4 is 11.8 Å². The Labute approximate surface area is 131 Å². The minimum atomic E-state index is -0.421. The van der Waals surface area contributed by atoms with Crippen LogP contribution in [0.15, 0.2) is 65.6 Å². The van der Waals surface area contributed by atoms with Crippen LogP contribution in [0.1, 0.15) is 19.4 Å². The van der Waals surface area contributed by atoms with Crippen molar-refractivity contribution in [1.29, 1.82) is 0 Å². The van der Waals surface area contributed by atoms with E-state index in [1.54, 1.807) is 11.8 Å². The van der Waals surface area contributed by atoms with Crippen molar-refractivity contribution in [3.8, 4) is 0 Å². The molecule has 0 amide bonds. The monoisotopic (exact) mass is 301 g/mol. The van der Waals surface area contributed by atoms with Crippen LogP contribution in [0.3, 0.4) is 0 Å². The Balaban J connectivity index is 2.23. The molecule has 1 atom stereocenters. The molecule has 0 fully saturated rings. The van der Waals surface area contributed by atoms with E-state index in [9.17, 15) is 5.11 Å². The van der Waals surface area contributed by atoms with Gasteiger partial charge in [-0.05, 0) is 31.5 Å². The van der Waals surface area contributed by atoms with Gasteiger partial charge in [0.05, 0.1) is 12.1 Å². The highest BCUT2D eigenvalue weighted by atomic mass is 32.2. The topological polar surface area (TPSA) is 32.3 Å². The number of benzene rings is 2. The van der Waals surface area contributed by atoms with Crippen molar-refractivity contribution in [3.63, 3.8) is 0 Å². The van der Waals surface area contributed by atoms with Crippen LogP contribution in [0.2, 0.25) is 0 Å². The summed E-state index contributed by atoms with van der Waals surface area (Å²) in [6.45, 7) is 4.30. The standard InChI is InChI=1S/C18H23NOS/c1-15(2)19-18(13-20,16-9-5-3-6-10-16)14-21-17-11-7-4-8-12-17/h3-12,15,19-20H,13-14H2,1-2H3. The first-order valence-electron chi connectivity index (χ1n) is 7.28. The summed E-state index contributed by atoms with van der Waals surface area (Å²) in [5.41, 5.74) is 0.709. The van der Waals surface area contributed by atoms with Gasteiger partial charge < -0.3 is 10.4 Å². The molecule has 0 bridgehead atoms. The van der Waals surface area contributed by atoms with Crippen molar-refractivity contribution < 1.29 is 5.11 Å². The SMILES string of the molecule is CC(C)NC(CO)(CSc1ccccc1)c1ccccc1. The third-order valence-corrected chi connectivity index (χ3v) is 4.63. The Kier molecular flexibility index (Phi) is 5.85. The fourth-order valence-electron chi connectivity index (χ4n) is 2.42.